The highest BCUT2D eigenvalue weighted by molar-refractivity contribution is 5.68. The van der Waals surface area contributed by atoms with E-state index in [1.165, 1.54) is 16.7 Å². The molecule has 0 aliphatic carbocycles. The first-order chi connectivity index (χ1) is 9.54. The van der Waals surface area contributed by atoms with Crippen LogP contribution < -0.4 is 0 Å². The Kier molecular flexibility index (Phi) is 5.15. The molecule has 1 aromatic carbocycles. The number of carboxylic acids is 1. The lowest BCUT2D eigenvalue weighted by Crippen LogP contribution is -2.37. The molecule has 1 saturated heterocycles. The molecule has 0 radical (unpaired) electrons. The van der Waals surface area contributed by atoms with Crippen LogP contribution in [-0.4, -0.2) is 41.8 Å². The molecule has 1 aromatic rings. The van der Waals surface area contributed by atoms with Crippen LogP contribution in [-0.2, 0) is 16.1 Å². The maximum absolute atomic E-state index is 10.5. The average Bonchev–Trinajstić information content (AvgIpc) is 2.42. The minimum Gasteiger partial charge on any atom is -0.480 e. The largest absolute Gasteiger partial charge is 0.480 e. The number of aryl methyl sites for hydroxylation is 2. The van der Waals surface area contributed by atoms with E-state index in [-0.39, 0.29) is 12.7 Å². The second-order valence-corrected chi connectivity index (χ2v) is 5.61. The molecule has 1 aliphatic heterocycles. The SMILES string of the molecule is Cc1ccc(C)c(CN2CCC(OCC(=O)O)CC2)c1. The van der Waals surface area contributed by atoms with E-state index in [9.17, 15) is 4.79 Å². The molecule has 2 rings (SSSR count). The Bertz CT molecular complexity index is 465. The fourth-order valence-corrected chi connectivity index (χ4v) is 2.63. The summed E-state index contributed by atoms with van der Waals surface area (Å²) in [4.78, 5) is 12.9. The quantitative estimate of drug-likeness (QED) is 0.897. The molecule has 0 bridgehead atoms. The van der Waals surface area contributed by atoms with E-state index in [4.69, 9.17) is 9.84 Å². The van der Waals surface area contributed by atoms with E-state index in [2.05, 4.69) is 36.9 Å². The molecule has 1 N–H and O–H groups in total. The summed E-state index contributed by atoms with van der Waals surface area (Å²) in [6.07, 6.45) is 1.93. The Morgan fingerprint density at radius 3 is 2.70 bits per heavy atom. The Balaban J connectivity index is 1.82. The highest BCUT2D eigenvalue weighted by atomic mass is 16.5. The van der Waals surface area contributed by atoms with Crippen molar-refractivity contribution >= 4 is 5.97 Å². The maximum Gasteiger partial charge on any atom is 0.329 e. The van der Waals surface area contributed by atoms with Crippen LogP contribution >= 0.6 is 0 Å². The van der Waals surface area contributed by atoms with Gasteiger partial charge in [-0.1, -0.05) is 23.8 Å². The van der Waals surface area contributed by atoms with Crippen molar-refractivity contribution in [2.45, 2.75) is 39.3 Å². The Morgan fingerprint density at radius 1 is 1.35 bits per heavy atom. The zero-order valence-corrected chi connectivity index (χ0v) is 12.3. The van der Waals surface area contributed by atoms with Gasteiger partial charge in [0.2, 0.25) is 0 Å². The molecule has 0 spiro atoms. The van der Waals surface area contributed by atoms with Crippen molar-refractivity contribution in [1.29, 1.82) is 0 Å². The number of ether oxygens (including phenoxy) is 1. The molecule has 1 heterocycles. The first kappa shape index (κ1) is 15.0. The lowest BCUT2D eigenvalue weighted by molar-refractivity contribution is -0.145. The summed E-state index contributed by atoms with van der Waals surface area (Å²) in [5.74, 6) is -0.886. The normalized spacial score (nSPS) is 17.3. The minimum absolute atomic E-state index is 0.0981. The number of piperidine rings is 1. The smallest absolute Gasteiger partial charge is 0.329 e. The van der Waals surface area contributed by atoms with Crippen molar-refractivity contribution in [3.63, 3.8) is 0 Å². The number of nitrogens with zero attached hydrogens (tertiary/aromatic N) is 1. The van der Waals surface area contributed by atoms with Crippen molar-refractivity contribution in [2.75, 3.05) is 19.7 Å². The van der Waals surface area contributed by atoms with Crippen molar-refractivity contribution in [3.05, 3.63) is 34.9 Å². The molecule has 0 saturated carbocycles. The summed E-state index contributed by atoms with van der Waals surface area (Å²) < 4.78 is 5.36. The van der Waals surface area contributed by atoms with Crippen molar-refractivity contribution in [1.82, 2.24) is 4.90 Å². The number of carbonyl (C=O) groups is 1. The van der Waals surface area contributed by atoms with Gasteiger partial charge in [0.25, 0.3) is 0 Å². The molecular formula is C16H23NO3. The van der Waals surface area contributed by atoms with Gasteiger partial charge in [-0.2, -0.15) is 0 Å². The Morgan fingerprint density at radius 2 is 2.05 bits per heavy atom. The van der Waals surface area contributed by atoms with Gasteiger partial charge in [-0.25, -0.2) is 4.79 Å². The molecule has 1 aliphatic rings. The Labute approximate surface area is 120 Å². The number of likely N-dealkylation sites (tertiary alicyclic amines) is 1. The van der Waals surface area contributed by atoms with Crippen LogP contribution in [0.15, 0.2) is 18.2 Å². The molecular weight excluding hydrogens is 254 g/mol. The number of aliphatic carboxylic acids is 1. The summed E-state index contributed by atoms with van der Waals surface area (Å²) in [5.41, 5.74) is 4.01. The van der Waals surface area contributed by atoms with Gasteiger partial charge in [-0.3, -0.25) is 4.90 Å². The van der Waals surface area contributed by atoms with Crippen molar-refractivity contribution in [3.8, 4) is 0 Å². The molecule has 0 aromatic heterocycles. The third-order valence-electron chi connectivity index (χ3n) is 3.88. The summed E-state index contributed by atoms with van der Waals surface area (Å²) in [6.45, 7) is 7.00. The van der Waals surface area contributed by atoms with E-state index in [0.29, 0.717) is 0 Å². The second-order valence-electron chi connectivity index (χ2n) is 5.61. The maximum atomic E-state index is 10.5. The van der Waals surface area contributed by atoms with Gasteiger partial charge in [0.05, 0.1) is 6.10 Å². The van der Waals surface area contributed by atoms with Crippen LogP contribution in [0.25, 0.3) is 0 Å². The predicted molar refractivity (Wildman–Crippen MR) is 77.8 cm³/mol. The van der Waals surface area contributed by atoms with E-state index >= 15 is 0 Å². The monoisotopic (exact) mass is 277 g/mol. The first-order valence-corrected chi connectivity index (χ1v) is 7.16. The van der Waals surface area contributed by atoms with Gasteiger partial charge in [-0.15, -0.1) is 0 Å². The van der Waals surface area contributed by atoms with Gasteiger partial charge in [0.1, 0.15) is 6.61 Å². The molecule has 4 nitrogen and oxygen atoms in total. The number of rotatable bonds is 5. The number of benzene rings is 1. The summed E-state index contributed by atoms with van der Waals surface area (Å²) in [6, 6.07) is 6.57. The summed E-state index contributed by atoms with van der Waals surface area (Å²) in [7, 11) is 0. The fourth-order valence-electron chi connectivity index (χ4n) is 2.63. The van der Waals surface area contributed by atoms with Crippen LogP contribution in [0.1, 0.15) is 29.5 Å². The van der Waals surface area contributed by atoms with Gasteiger partial charge in [0.15, 0.2) is 0 Å². The average molecular weight is 277 g/mol. The molecule has 20 heavy (non-hydrogen) atoms. The highest BCUT2D eigenvalue weighted by Gasteiger charge is 2.20. The predicted octanol–water partition coefficient (Wildman–Crippen LogP) is 2.37. The van der Waals surface area contributed by atoms with Crippen LogP contribution in [0.4, 0.5) is 0 Å². The summed E-state index contributed by atoms with van der Waals surface area (Å²) >= 11 is 0. The number of carboxylic acid groups (broad SMARTS) is 1. The number of hydrogen-bond donors (Lipinski definition) is 1. The van der Waals surface area contributed by atoms with Crippen LogP contribution in [0.5, 0.6) is 0 Å². The molecule has 0 unspecified atom stereocenters. The zero-order chi connectivity index (χ0) is 14.5. The van der Waals surface area contributed by atoms with E-state index < -0.39 is 5.97 Å². The van der Waals surface area contributed by atoms with Gasteiger partial charge in [-0.05, 0) is 37.8 Å². The molecule has 4 heteroatoms. The van der Waals surface area contributed by atoms with Gasteiger partial charge in [0, 0.05) is 19.6 Å². The molecule has 1 fully saturated rings. The second kappa shape index (κ2) is 6.86. The van der Waals surface area contributed by atoms with Crippen molar-refractivity contribution in [2.24, 2.45) is 0 Å². The molecule has 0 atom stereocenters. The molecule has 0 amide bonds. The minimum atomic E-state index is -0.886. The van der Waals surface area contributed by atoms with E-state index in [1.807, 2.05) is 0 Å². The zero-order valence-electron chi connectivity index (χ0n) is 12.3. The lowest BCUT2D eigenvalue weighted by Gasteiger charge is -2.32. The number of hydrogen-bond acceptors (Lipinski definition) is 3. The summed E-state index contributed by atoms with van der Waals surface area (Å²) in [5, 5.41) is 8.61. The van der Waals surface area contributed by atoms with Gasteiger partial charge >= 0.3 is 5.97 Å². The topological polar surface area (TPSA) is 49.8 Å². The van der Waals surface area contributed by atoms with Crippen molar-refractivity contribution < 1.29 is 14.6 Å². The van der Waals surface area contributed by atoms with Crippen LogP contribution in [0.3, 0.4) is 0 Å². The first-order valence-electron chi connectivity index (χ1n) is 7.16. The third-order valence-corrected chi connectivity index (χ3v) is 3.88. The Hall–Kier alpha value is -1.39. The highest BCUT2D eigenvalue weighted by Crippen LogP contribution is 2.18. The lowest BCUT2D eigenvalue weighted by atomic mass is 10.0. The van der Waals surface area contributed by atoms with E-state index in [1.54, 1.807) is 0 Å². The standard InChI is InChI=1S/C16H23NO3/c1-12-3-4-13(2)14(9-12)10-17-7-5-15(6-8-17)20-11-16(18)19/h3-4,9,15H,5-8,10-11H2,1-2H3,(H,18,19). The van der Waals surface area contributed by atoms with Crippen LogP contribution in [0, 0.1) is 13.8 Å². The van der Waals surface area contributed by atoms with Crippen LogP contribution in [0.2, 0.25) is 0 Å². The van der Waals surface area contributed by atoms with Gasteiger partial charge < -0.3 is 9.84 Å². The third kappa shape index (κ3) is 4.32. The fraction of sp³-hybridized carbons (Fsp3) is 0.562. The van der Waals surface area contributed by atoms with E-state index in [0.717, 1.165) is 32.5 Å². The molecule has 110 valence electrons.